The summed E-state index contributed by atoms with van der Waals surface area (Å²) in [6, 6.07) is 2.25. The Bertz CT molecular complexity index is 763. The summed E-state index contributed by atoms with van der Waals surface area (Å²) in [5.41, 5.74) is -0.0546. The molecule has 0 saturated carbocycles. The second-order valence-corrected chi connectivity index (χ2v) is 13.0. The predicted octanol–water partition coefficient (Wildman–Crippen LogP) is 2.38. The molecule has 0 aliphatic carbocycles. The highest BCUT2D eigenvalue weighted by atomic mass is 28.4. The molecular formula is C17H25N3O4Si. The van der Waals surface area contributed by atoms with E-state index in [1.165, 1.54) is 0 Å². The van der Waals surface area contributed by atoms with E-state index in [1.807, 2.05) is 6.07 Å². The Morgan fingerprint density at radius 1 is 1.48 bits per heavy atom. The van der Waals surface area contributed by atoms with Gasteiger partial charge in [0.05, 0.1) is 19.1 Å². The molecule has 3 atom stereocenters. The average Bonchev–Trinajstić information content (AvgIpc) is 2.84. The second kappa shape index (κ2) is 6.23. The summed E-state index contributed by atoms with van der Waals surface area (Å²) in [4.78, 5) is 15.9. The molecule has 0 amide bonds. The Hall–Kier alpha value is -1.69. The quantitative estimate of drug-likeness (QED) is 0.764. The lowest BCUT2D eigenvalue weighted by molar-refractivity contribution is -0.0220. The van der Waals surface area contributed by atoms with Crippen molar-refractivity contribution in [3.63, 3.8) is 0 Å². The molecule has 25 heavy (non-hydrogen) atoms. The van der Waals surface area contributed by atoms with Crippen LogP contribution in [0.4, 0.5) is 0 Å². The fourth-order valence-corrected chi connectivity index (χ4v) is 3.80. The van der Waals surface area contributed by atoms with Crippen molar-refractivity contribution in [1.82, 2.24) is 9.55 Å². The maximum atomic E-state index is 11.9. The van der Waals surface area contributed by atoms with Crippen LogP contribution in [0.25, 0.3) is 0 Å². The van der Waals surface area contributed by atoms with Crippen molar-refractivity contribution in [3.05, 3.63) is 22.1 Å². The fourth-order valence-electron chi connectivity index (χ4n) is 2.78. The van der Waals surface area contributed by atoms with Crippen LogP contribution in [0.1, 0.15) is 39.0 Å². The summed E-state index contributed by atoms with van der Waals surface area (Å²) < 4.78 is 20.0. The van der Waals surface area contributed by atoms with Crippen molar-refractivity contribution in [3.8, 4) is 12.1 Å². The summed E-state index contributed by atoms with van der Waals surface area (Å²) >= 11 is 0. The third-order valence-corrected chi connectivity index (χ3v) is 9.92. The van der Waals surface area contributed by atoms with E-state index in [9.17, 15) is 4.79 Å². The number of nitriles is 1. The SMILES string of the molecule is CC(C)(C)[Si](C)(C)OC[C@H]1O[C@@H]2C[C@H]1Oc1nc(=O)c(CC#N)cn12. The lowest BCUT2D eigenvalue weighted by Crippen LogP contribution is -2.44. The van der Waals surface area contributed by atoms with E-state index in [0.29, 0.717) is 18.6 Å². The van der Waals surface area contributed by atoms with Crippen LogP contribution in [-0.4, -0.2) is 36.7 Å². The first-order valence-corrected chi connectivity index (χ1v) is 11.5. The van der Waals surface area contributed by atoms with Gasteiger partial charge in [0.1, 0.15) is 18.4 Å². The number of hydrogen-bond donors (Lipinski definition) is 0. The van der Waals surface area contributed by atoms with E-state index in [4.69, 9.17) is 19.2 Å². The Morgan fingerprint density at radius 2 is 2.20 bits per heavy atom. The van der Waals surface area contributed by atoms with Gasteiger partial charge in [-0.05, 0) is 18.1 Å². The first-order chi connectivity index (χ1) is 11.6. The van der Waals surface area contributed by atoms with Crippen LogP contribution in [0.3, 0.4) is 0 Å². The first-order valence-electron chi connectivity index (χ1n) is 8.57. The topological polar surface area (TPSA) is 86.4 Å². The van der Waals surface area contributed by atoms with Gasteiger partial charge in [0, 0.05) is 18.2 Å². The summed E-state index contributed by atoms with van der Waals surface area (Å²) in [5.74, 6) is 0. The molecule has 8 heteroatoms. The van der Waals surface area contributed by atoms with Crippen molar-refractivity contribution in [2.24, 2.45) is 0 Å². The molecule has 1 aromatic rings. The predicted molar refractivity (Wildman–Crippen MR) is 93.9 cm³/mol. The lowest BCUT2D eigenvalue weighted by Gasteiger charge is -2.37. The smallest absolute Gasteiger partial charge is 0.302 e. The van der Waals surface area contributed by atoms with Crippen LogP contribution in [0, 0.1) is 11.3 Å². The minimum absolute atomic E-state index is 0.0280. The van der Waals surface area contributed by atoms with E-state index in [0.717, 1.165) is 0 Å². The Kier molecular flexibility index (Phi) is 4.52. The summed E-state index contributed by atoms with van der Waals surface area (Å²) in [6.07, 6.45) is 1.77. The molecule has 136 valence electrons. The molecule has 1 fully saturated rings. The van der Waals surface area contributed by atoms with Gasteiger partial charge in [-0.2, -0.15) is 10.2 Å². The van der Waals surface area contributed by atoms with Gasteiger partial charge >= 0.3 is 6.01 Å². The number of rotatable bonds is 4. The van der Waals surface area contributed by atoms with Gasteiger partial charge in [0.15, 0.2) is 8.32 Å². The molecule has 3 heterocycles. The zero-order chi connectivity index (χ0) is 18.4. The third-order valence-electron chi connectivity index (χ3n) is 5.42. The number of aromatic nitrogens is 2. The minimum atomic E-state index is -1.87. The van der Waals surface area contributed by atoms with Gasteiger partial charge in [-0.1, -0.05) is 20.8 Å². The molecule has 1 saturated heterocycles. The Balaban J connectivity index is 1.75. The fraction of sp³-hybridized carbons (Fsp3) is 0.706. The largest absolute Gasteiger partial charge is 0.458 e. The van der Waals surface area contributed by atoms with Crippen LogP contribution >= 0.6 is 0 Å². The van der Waals surface area contributed by atoms with E-state index < -0.39 is 13.9 Å². The number of nitrogens with zero attached hydrogens (tertiary/aromatic N) is 3. The Morgan fingerprint density at radius 3 is 2.84 bits per heavy atom. The standard InChI is InChI=1S/C17H25N3O4Si/c1-17(2,3)25(4,5)22-10-13-12-8-14(23-13)20-9-11(6-7-18)15(21)19-16(20)24-12/h9,12-14H,6,8,10H2,1-5H3/t12-,13-,14-/m1/s1. The van der Waals surface area contributed by atoms with Gasteiger partial charge in [-0.3, -0.25) is 9.36 Å². The summed E-state index contributed by atoms with van der Waals surface area (Å²) in [6.45, 7) is 11.5. The molecule has 0 aromatic carbocycles. The lowest BCUT2D eigenvalue weighted by atomic mass is 10.1. The third kappa shape index (κ3) is 3.36. The highest BCUT2D eigenvalue weighted by Gasteiger charge is 2.45. The molecule has 3 rings (SSSR count). The summed E-state index contributed by atoms with van der Waals surface area (Å²) in [5, 5.41) is 8.96. The highest BCUT2D eigenvalue weighted by Crippen LogP contribution is 2.40. The molecule has 1 aromatic heterocycles. The van der Waals surface area contributed by atoms with Crippen molar-refractivity contribution in [2.75, 3.05) is 6.61 Å². The van der Waals surface area contributed by atoms with Crippen molar-refractivity contribution in [1.29, 1.82) is 5.26 Å². The van der Waals surface area contributed by atoms with Crippen LogP contribution in [0.2, 0.25) is 18.1 Å². The molecule has 2 aliphatic rings. The van der Waals surface area contributed by atoms with Gasteiger partial charge in [0.25, 0.3) is 5.56 Å². The van der Waals surface area contributed by atoms with Gasteiger partial charge in [-0.15, -0.1) is 0 Å². The zero-order valence-corrected chi connectivity index (χ0v) is 16.4. The minimum Gasteiger partial charge on any atom is -0.458 e. The molecule has 0 N–H and O–H groups in total. The van der Waals surface area contributed by atoms with E-state index in [2.05, 4.69) is 38.8 Å². The van der Waals surface area contributed by atoms with E-state index in [-0.39, 0.29) is 35.9 Å². The molecule has 7 nitrogen and oxygen atoms in total. The van der Waals surface area contributed by atoms with E-state index in [1.54, 1.807) is 10.8 Å². The molecule has 2 aliphatic heterocycles. The van der Waals surface area contributed by atoms with Gasteiger partial charge in [-0.25, -0.2) is 0 Å². The molecule has 0 spiro atoms. The highest BCUT2D eigenvalue weighted by molar-refractivity contribution is 6.74. The maximum absolute atomic E-state index is 11.9. The normalized spacial score (nSPS) is 25.2. The van der Waals surface area contributed by atoms with Crippen LogP contribution < -0.4 is 10.3 Å². The zero-order valence-electron chi connectivity index (χ0n) is 15.4. The summed E-state index contributed by atoms with van der Waals surface area (Å²) in [7, 11) is -1.87. The molecule has 0 radical (unpaired) electrons. The molecular weight excluding hydrogens is 338 g/mol. The average molecular weight is 363 g/mol. The number of hydrogen-bond acceptors (Lipinski definition) is 6. The second-order valence-electron chi connectivity index (χ2n) is 8.19. The maximum Gasteiger partial charge on any atom is 0.302 e. The number of fused-ring (bicyclic) bond motifs is 4. The van der Waals surface area contributed by atoms with Gasteiger partial charge < -0.3 is 13.9 Å². The molecule has 2 bridgehead atoms. The van der Waals surface area contributed by atoms with Crippen molar-refractivity contribution < 1.29 is 13.9 Å². The van der Waals surface area contributed by atoms with Crippen LogP contribution in [0.5, 0.6) is 6.01 Å². The van der Waals surface area contributed by atoms with Crippen LogP contribution in [-0.2, 0) is 15.6 Å². The van der Waals surface area contributed by atoms with Gasteiger partial charge in [0.2, 0.25) is 0 Å². The van der Waals surface area contributed by atoms with E-state index >= 15 is 0 Å². The van der Waals surface area contributed by atoms with Crippen LogP contribution in [0.15, 0.2) is 11.0 Å². The monoisotopic (exact) mass is 363 g/mol. The van der Waals surface area contributed by atoms with Crippen molar-refractivity contribution >= 4 is 8.32 Å². The molecule has 0 unspecified atom stereocenters. The Labute approximate surface area is 148 Å². The first kappa shape index (κ1) is 18.1. The van der Waals surface area contributed by atoms with Crippen molar-refractivity contribution in [2.45, 2.75) is 70.2 Å². The number of ether oxygens (including phenoxy) is 2.